The Bertz CT molecular complexity index is 1720. The molecule has 3 atom stereocenters. The second-order valence-electron chi connectivity index (χ2n) is 9.48. The number of fused-ring (bicyclic) bond motifs is 2. The number of thioether (sulfide) groups is 1. The van der Waals surface area contributed by atoms with E-state index in [1.54, 1.807) is 60.7 Å². The van der Waals surface area contributed by atoms with E-state index in [4.69, 9.17) is 16.3 Å². The van der Waals surface area contributed by atoms with E-state index in [0.717, 1.165) is 28.0 Å². The van der Waals surface area contributed by atoms with Crippen LogP contribution in [0.4, 0.5) is 15.8 Å². The van der Waals surface area contributed by atoms with E-state index < -0.39 is 45.5 Å². The Kier molecular flexibility index (Phi) is 7.18. The number of carbonyl (C=O) groups excluding carboxylic acids is 3. The molecule has 1 fully saturated rings. The third-order valence-electron chi connectivity index (χ3n) is 7.04. The second kappa shape index (κ2) is 10.8. The molecule has 3 heterocycles. The first-order valence-corrected chi connectivity index (χ1v) is 14.6. The van der Waals surface area contributed by atoms with Gasteiger partial charge in [0, 0.05) is 21.5 Å². The fourth-order valence-corrected chi connectivity index (χ4v) is 8.05. The maximum atomic E-state index is 13.9. The summed E-state index contributed by atoms with van der Waals surface area (Å²) >= 11 is 7.96. The number of halogens is 2. The summed E-state index contributed by atoms with van der Waals surface area (Å²) in [7, 11) is 1.52. The van der Waals surface area contributed by atoms with Crippen LogP contribution in [-0.4, -0.2) is 34.6 Å². The molecule has 12 heteroatoms. The van der Waals surface area contributed by atoms with E-state index >= 15 is 0 Å². The summed E-state index contributed by atoms with van der Waals surface area (Å²) < 4.78 is 20.4. The van der Waals surface area contributed by atoms with Gasteiger partial charge in [-0.2, -0.15) is 0 Å². The lowest BCUT2D eigenvalue weighted by molar-refractivity contribution is -0.122. The predicted octanol–water partition coefficient (Wildman–Crippen LogP) is 5.15. The third-order valence-corrected chi connectivity index (χ3v) is 9.89. The normalized spacial score (nSPS) is 19.6. The highest BCUT2D eigenvalue weighted by Crippen LogP contribution is 2.53. The largest absolute Gasteiger partial charge is 0.497 e. The molecule has 1 saturated heterocycles. The maximum Gasteiger partial charge on any atom is 0.308 e. The van der Waals surface area contributed by atoms with Gasteiger partial charge < -0.3 is 10.1 Å². The first-order chi connectivity index (χ1) is 19.7. The molecule has 4 aromatic rings. The van der Waals surface area contributed by atoms with Crippen LogP contribution in [0.3, 0.4) is 0 Å². The Balaban J connectivity index is 1.39. The summed E-state index contributed by atoms with van der Waals surface area (Å²) in [6, 6.07) is 18.9. The van der Waals surface area contributed by atoms with Gasteiger partial charge in [0.1, 0.15) is 23.4 Å². The molecule has 0 aliphatic carbocycles. The van der Waals surface area contributed by atoms with Crippen molar-refractivity contribution in [1.82, 2.24) is 4.57 Å². The number of nitrogens with one attached hydrogen (secondary N) is 1. The molecular weight excluding hydrogens is 589 g/mol. The smallest absolute Gasteiger partial charge is 0.308 e. The molecule has 0 saturated carbocycles. The number of benzene rings is 3. The number of anilines is 2. The van der Waals surface area contributed by atoms with Crippen molar-refractivity contribution >= 4 is 63.8 Å². The van der Waals surface area contributed by atoms with E-state index in [1.165, 1.54) is 23.8 Å². The number of hydrogen-bond acceptors (Lipinski definition) is 7. The molecule has 0 bridgehead atoms. The third kappa shape index (κ3) is 4.94. The van der Waals surface area contributed by atoms with Gasteiger partial charge in [-0.25, -0.2) is 9.29 Å². The first-order valence-electron chi connectivity index (χ1n) is 12.5. The molecular formula is C29H21ClFN3O5S2. The van der Waals surface area contributed by atoms with Crippen molar-refractivity contribution in [2.75, 3.05) is 17.3 Å². The average molecular weight is 610 g/mol. The van der Waals surface area contributed by atoms with Crippen molar-refractivity contribution in [1.29, 1.82) is 0 Å². The maximum absolute atomic E-state index is 13.9. The highest BCUT2D eigenvalue weighted by molar-refractivity contribution is 8.00. The van der Waals surface area contributed by atoms with Crippen LogP contribution in [0, 0.1) is 11.7 Å². The molecule has 1 aromatic heterocycles. The summed E-state index contributed by atoms with van der Waals surface area (Å²) in [5.41, 5.74) is 1.51. The first kappa shape index (κ1) is 27.3. The number of ether oxygens (including phenoxy) is 1. The molecule has 2 aliphatic rings. The van der Waals surface area contributed by atoms with E-state index in [2.05, 4.69) is 5.32 Å². The number of hydrogen-bond donors (Lipinski definition) is 1. The number of aromatic nitrogens is 1. The lowest BCUT2D eigenvalue weighted by Crippen LogP contribution is -2.33. The summed E-state index contributed by atoms with van der Waals surface area (Å²) in [6.45, 7) is -0.294. The minimum atomic E-state index is -0.855. The molecule has 3 aromatic carbocycles. The van der Waals surface area contributed by atoms with E-state index in [9.17, 15) is 23.6 Å². The van der Waals surface area contributed by atoms with Crippen LogP contribution < -0.4 is 19.8 Å². The number of carbonyl (C=O) groups is 3. The van der Waals surface area contributed by atoms with E-state index in [-0.39, 0.29) is 6.54 Å². The highest BCUT2D eigenvalue weighted by Gasteiger charge is 2.56. The zero-order chi connectivity index (χ0) is 28.8. The number of rotatable bonds is 6. The van der Waals surface area contributed by atoms with Crippen molar-refractivity contribution < 1.29 is 23.5 Å². The molecule has 41 heavy (non-hydrogen) atoms. The van der Waals surface area contributed by atoms with Gasteiger partial charge >= 0.3 is 4.87 Å². The van der Waals surface area contributed by atoms with Gasteiger partial charge in [0.2, 0.25) is 17.7 Å². The van der Waals surface area contributed by atoms with Gasteiger partial charge in [-0.1, -0.05) is 46.8 Å². The molecule has 0 spiro atoms. The van der Waals surface area contributed by atoms with Crippen molar-refractivity contribution in [2.24, 2.45) is 5.92 Å². The van der Waals surface area contributed by atoms with Crippen LogP contribution in [-0.2, 0) is 20.9 Å². The van der Waals surface area contributed by atoms with Gasteiger partial charge in [0.15, 0.2) is 0 Å². The Morgan fingerprint density at radius 1 is 0.976 bits per heavy atom. The quantitative estimate of drug-likeness (QED) is 0.304. The lowest BCUT2D eigenvalue weighted by Gasteiger charge is -2.30. The van der Waals surface area contributed by atoms with E-state index in [0.29, 0.717) is 37.6 Å². The van der Waals surface area contributed by atoms with Gasteiger partial charge in [0.25, 0.3) is 0 Å². The minimum Gasteiger partial charge on any atom is -0.497 e. The van der Waals surface area contributed by atoms with E-state index in [1.807, 2.05) is 0 Å². The zero-order valence-corrected chi connectivity index (χ0v) is 23.8. The van der Waals surface area contributed by atoms with Crippen molar-refractivity contribution in [2.45, 2.75) is 22.7 Å². The molecule has 0 radical (unpaired) electrons. The number of nitrogens with zero attached hydrogens (tertiary/aromatic N) is 2. The average Bonchev–Trinajstić information content (AvgIpc) is 3.41. The molecule has 1 N–H and O–H groups in total. The minimum absolute atomic E-state index is 0.294. The number of methoxy groups -OCH3 is 1. The van der Waals surface area contributed by atoms with Crippen LogP contribution in [0.1, 0.15) is 16.4 Å². The van der Waals surface area contributed by atoms with Crippen molar-refractivity contribution in [3.8, 4) is 5.75 Å². The Labute approximate surface area is 246 Å². The van der Waals surface area contributed by atoms with Crippen LogP contribution >= 0.6 is 34.7 Å². The monoisotopic (exact) mass is 609 g/mol. The van der Waals surface area contributed by atoms with Crippen LogP contribution in [0.5, 0.6) is 5.75 Å². The van der Waals surface area contributed by atoms with Crippen LogP contribution in [0.2, 0.25) is 5.02 Å². The summed E-state index contributed by atoms with van der Waals surface area (Å²) in [5, 5.41) is 2.85. The Hall–Kier alpha value is -3.93. The number of imide groups is 1. The number of amides is 3. The Morgan fingerprint density at radius 2 is 1.66 bits per heavy atom. The summed E-state index contributed by atoms with van der Waals surface area (Å²) in [5.74, 6) is -2.67. The SMILES string of the molecule is COc1ccc(N2C(=O)C3Sc4c(sc(=O)n4CC(=O)Nc4ccc(Cl)cc4)[C@H](c4ccc(F)cc4)C3C2=O)cc1. The molecule has 2 aliphatic heterocycles. The zero-order valence-electron chi connectivity index (χ0n) is 21.4. The summed E-state index contributed by atoms with van der Waals surface area (Å²) in [4.78, 5) is 55.1. The highest BCUT2D eigenvalue weighted by atomic mass is 35.5. The standard InChI is InChI=1S/C29H21ClFN3O5S2/c1-39-20-12-10-19(11-13-20)34-26(36)23-22(15-2-6-17(31)7-3-15)25-28(40-24(23)27(34)37)33(29(38)41-25)14-21(35)32-18-8-4-16(30)5-9-18/h2-13,22-24H,14H2,1H3,(H,32,35)/t22-,23?,24?/m1/s1. The lowest BCUT2D eigenvalue weighted by atomic mass is 9.83. The van der Waals surface area contributed by atoms with Gasteiger partial charge in [-0.3, -0.25) is 23.7 Å². The topological polar surface area (TPSA) is 97.7 Å². The number of thiazole rings is 1. The van der Waals surface area contributed by atoms with Crippen LogP contribution in [0.25, 0.3) is 0 Å². The fourth-order valence-electron chi connectivity index (χ4n) is 5.15. The molecule has 8 nitrogen and oxygen atoms in total. The predicted molar refractivity (Wildman–Crippen MR) is 156 cm³/mol. The van der Waals surface area contributed by atoms with Gasteiger partial charge in [0.05, 0.1) is 23.7 Å². The van der Waals surface area contributed by atoms with Crippen molar-refractivity contribution in [3.63, 3.8) is 0 Å². The molecule has 208 valence electrons. The molecule has 2 unspecified atom stereocenters. The molecule has 3 amide bonds. The summed E-state index contributed by atoms with van der Waals surface area (Å²) in [6.07, 6.45) is 0. The molecule has 6 rings (SSSR count). The van der Waals surface area contributed by atoms with Crippen molar-refractivity contribution in [3.05, 3.63) is 104 Å². The fraction of sp³-hybridized carbons (Fsp3) is 0.172. The Morgan fingerprint density at radius 3 is 2.32 bits per heavy atom. The van der Waals surface area contributed by atoms with Gasteiger partial charge in [-0.15, -0.1) is 0 Å². The van der Waals surface area contributed by atoms with Crippen LogP contribution in [0.15, 0.2) is 82.6 Å². The van der Waals surface area contributed by atoms with Gasteiger partial charge in [-0.05, 0) is 66.2 Å². The second-order valence-corrected chi connectivity index (χ2v) is 12.0.